The smallest absolute Gasteiger partial charge is 0.241 e. The summed E-state index contributed by atoms with van der Waals surface area (Å²) in [5.74, 6) is 0.158. The minimum atomic E-state index is 0.158. The fourth-order valence-corrected chi connectivity index (χ4v) is 3.21. The fourth-order valence-electron chi connectivity index (χ4n) is 3.21. The fraction of sp³-hybridized carbons (Fsp3) is 0.381. The van der Waals surface area contributed by atoms with Gasteiger partial charge in [-0.3, -0.25) is 4.79 Å². The number of carbonyl (C=O) groups is 1. The van der Waals surface area contributed by atoms with E-state index in [0.717, 1.165) is 37.6 Å². The van der Waals surface area contributed by atoms with E-state index in [1.54, 1.807) is 0 Å². The van der Waals surface area contributed by atoms with Crippen molar-refractivity contribution in [2.45, 2.75) is 6.92 Å². The second-order valence-corrected chi connectivity index (χ2v) is 7.00. The van der Waals surface area contributed by atoms with E-state index in [1.165, 1.54) is 11.3 Å². The van der Waals surface area contributed by atoms with Crippen molar-refractivity contribution in [2.75, 3.05) is 61.9 Å². The molecule has 5 heteroatoms. The summed E-state index contributed by atoms with van der Waals surface area (Å²) in [5.41, 5.74) is 4.64. The number of rotatable bonds is 5. The van der Waals surface area contributed by atoms with E-state index >= 15 is 0 Å². The maximum absolute atomic E-state index is 12.5. The number of piperazine rings is 1. The Balaban J connectivity index is 1.47. The molecule has 0 unspecified atom stereocenters. The van der Waals surface area contributed by atoms with E-state index in [-0.39, 0.29) is 5.91 Å². The van der Waals surface area contributed by atoms with Gasteiger partial charge in [0.15, 0.2) is 0 Å². The Bertz CT molecular complexity index is 734. The van der Waals surface area contributed by atoms with Crippen LogP contribution in [0.4, 0.5) is 17.1 Å². The van der Waals surface area contributed by atoms with E-state index in [1.807, 2.05) is 43.3 Å². The highest BCUT2D eigenvalue weighted by atomic mass is 16.2. The second kappa shape index (κ2) is 8.13. The van der Waals surface area contributed by atoms with E-state index in [0.29, 0.717) is 6.54 Å². The third-order valence-corrected chi connectivity index (χ3v) is 4.83. The molecular formula is C21H28N4O. The van der Waals surface area contributed by atoms with Gasteiger partial charge in [0.1, 0.15) is 0 Å². The van der Waals surface area contributed by atoms with Crippen LogP contribution in [0.1, 0.15) is 5.56 Å². The number of anilines is 3. The number of hydrogen-bond donors (Lipinski definition) is 1. The summed E-state index contributed by atoms with van der Waals surface area (Å²) >= 11 is 0. The van der Waals surface area contributed by atoms with Gasteiger partial charge in [-0.15, -0.1) is 0 Å². The van der Waals surface area contributed by atoms with Gasteiger partial charge in [-0.25, -0.2) is 0 Å². The molecule has 1 heterocycles. The lowest BCUT2D eigenvalue weighted by Crippen LogP contribution is -2.50. The van der Waals surface area contributed by atoms with E-state index in [4.69, 9.17) is 0 Å². The van der Waals surface area contributed by atoms with Crippen molar-refractivity contribution in [3.8, 4) is 0 Å². The molecule has 1 aliphatic heterocycles. The van der Waals surface area contributed by atoms with Crippen molar-refractivity contribution in [2.24, 2.45) is 0 Å². The molecule has 2 aromatic carbocycles. The third kappa shape index (κ3) is 4.48. The van der Waals surface area contributed by atoms with Gasteiger partial charge in [-0.2, -0.15) is 0 Å². The molecule has 0 aliphatic carbocycles. The van der Waals surface area contributed by atoms with Crippen molar-refractivity contribution in [3.63, 3.8) is 0 Å². The Kier molecular flexibility index (Phi) is 5.66. The summed E-state index contributed by atoms with van der Waals surface area (Å²) < 4.78 is 0. The molecule has 1 saturated heterocycles. The highest BCUT2D eigenvalue weighted by Crippen LogP contribution is 2.18. The average Bonchev–Trinajstić information content (AvgIpc) is 2.66. The molecule has 5 nitrogen and oxygen atoms in total. The summed E-state index contributed by atoms with van der Waals surface area (Å²) in [6.07, 6.45) is 0. The Morgan fingerprint density at radius 1 is 1.04 bits per heavy atom. The molecular weight excluding hydrogens is 324 g/mol. The molecule has 0 atom stereocenters. The summed E-state index contributed by atoms with van der Waals surface area (Å²) in [4.78, 5) is 18.8. The molecule has 3 rings (SSSR count). The predicted octanol–water partition coefficient (Wildman–Crippen LogP) is 2.82. The van der Waals surface area contributed by atoms with Crippen molar-refractivity contribution in [1.29, 1.82) is 0 Å². The number of amides is 1. The SMILES string of the molecule is Cc1cccc(N2CCN(C(=O)CNc3ccc(N(C)C)cc3)CC2)c1. The lowest BCUT2D eigenvalue weighted by Gasteiger charge is -2.36. The highest BCUT2D eigenvalue weighted by Gasteiger charge is 2.21. The molecule has 2 aromatic rings. The Morgan fingerprint density at radius 2 is 1.73 bits per heavy atom. The molecule has 1 amide bonds. The molecule has 0 spiro atoms. The first-order valence-corrected chi connectivity index (χ1v) is 9.13. The van der Waals surface area contributed by atoms with Gasteiger partial charge in [0.05, 0.1) is 6.54 Å². The number of nitrogens with zero attached hydrogens (tertiary/aromatic N) is 3. The van der Waals surface area contributed by atoms with Gasteiger partial charge < -0.3 is 20.0 Å². The van der Waals surface area contributed by atoms with E-state index in [9.17, 15) is 4.79 Å². The van der Waals surface area contributed by atoms with E-state index in [2.05, 4.69) is 46.3 Å². The number of nitrogens with one attached hydrogen (secondary N) is 1. The van der Waals surface area contributed by atoms with Gasteiger partial charge >= 0.3 is 0 Å². The van der Waals surface area contributed by atoms with Crippen molar-refractivity contribution in [1.82, 2.24) is 4.90 Å². The van der Waals surface area contributed by atoms with Crippen molar-refractivity contribution >= 4 is 23.0 Å². The largest absolute Gasteiger partial charge is 0.378 e. The molecule has 1 N–H and O–H groups in total. The molecule has 0 saturated carbocycles. The van der Waals surface area contributed by atoms with Crippen LogP contribution >= 0.6 is 0 Å². The normalized spacial score (nSPS) is 14.3. The van der Waals surface area contributed by atoms with Gasteiger partial charge in [-0.05, 0) is 48.9 Å². The lowest BCUT2D eigenvalue weighted by atomic mass is 10.2. The number of aryl methyl sites for hydroxylation is 1. The number of benzene rings is 2. The minimum Gasteiger partial charge on any atom is -0.378 e. The third-order valence-electron chi connectivity index (χ3n) is 4.83. The Morgan fingerprint density at radius 3 is 2.35 bits per heavy atom. The zero-order valence-corrected chi connectivity index (χ0v) is 15.9. The van der Waals surface area contributed by atoms with Gasteiger partial charge in [0.2, 0.25) is 5.91 Å². The summed E-state index contributed by atoms with van der Waals surface area (Å²) in [6, 6.07) is 16.7. The van der Waals surface area contributed by atoms with Crippen LogP contribution in [-0.4, -0.2) is 57.6 Å². The molecule has 138 valence electrons. The Hall–Kier alpha value is -2.69. The maximum atomic E-state index is 12.5. The monoisotopic (exact) mass is 352 g/mol. The van der Waals surface area contributed by atoms with Gasteiger partial charge in [0, 0.05) is 57.3 Å². The standard InChI is InChI=1S/C21H28N4O/c1-17-5-4-6-20(15-17)24-11-13-25(14-12-24)21(26)16-22-18-7-9-19(10-8-18)23(2)3/h4-10,15,22H,11-14,16H2,1-3H3. The summed E-state index contributed by atoms with van der Waals surface area (Å²) in [5, 5.41) is 3.23. The predicted molar refractivity (Wildman–Crippen MR) is 109 cm³/mol. The van der Waals surface area contributed by atoms with Crippen LogP contribution in [0.2, 0.25) is 0 Å². The van der Waals surface area contributed by atoms with Crippen LogP contribution < -0.4 is 15.1 Å². The van der Waals surface area contributed by atoms with Crippen LogP contribution in [0.15, 0.2) is 48.5 Å². The van der Waals surface area contributed by atoms with E-state index < -0.39 is 0 Å². The molecule has 0 bridgehead atoms. The molecule has 1 aliphatic rings. The Labute approximate surface area is 156 Å². The lowest BCUT2D eigenvalue weighted by molar-refractivity contribution is -0.129. The quantitative estimate of drug-likeness (QED) is 0.898. The zero-order chi connectivity index (χ0) is 18.5. The first-order valence-electron chi connectivity index (χ1n) is 9.13. The van der Waals surface area contributed by atoms with Gasteiger partial charge in [-0.1, -0.05) is 12.1 Å². The molecule has 1 fully saturated rings. The first-order chi connectivity index (χ1) is 12.5. The van der Waals surface area contributed by atoms with Crippen molar-refractivity contribution < 1.29 is 4.79 Å². The first kappa shape index (κ1) is 18.1. The molecule has 0 radical (unpaired) electrons. The minimum absolute atomic E-state index is 0.158. The van der Waals surface area contributed by atoms with Crippen LogP contribution in [0, 0.1) is 6.92 Å². The zero-order valence-electron chi connectivity index (χ0n) is 15.9. The molecule has 26 heavy (non-hydrogen) atoms. The van der Waals surface area contributed by atoms with Crippen LogP contribution in [0.25, 0.3) is 0 Å². The number of hydrogen-bond acceptors (Lipinski definition) is 4. The molecule has 0 aromatic heterocycles. The van der Waals surface area contributed by atoms with Crippen LogP contribution in [-0.2, 0) is 4.79 Å². The van der Waals surface area contributed by atoms with Crippen LogP contribution in [0.3, 0.4) is 0 Å². The van der Waals surface area contributed by atoms with Gasteiger partial charge in [0.25, 0.3) is 0 Å². The number of carbonyl (C=O) groups excluding carboxylic acids is 1. The topological polar surface area (TPSA) is 38.8 Å². The summed E-state index contributed by atoms with van der Waals surface area (Å²) in [7, 11) is 4.03. The van der Waals surface area contributed by atoms with Crippen molar-refractivity contribution in [3.05, 3.63) is 54.1 Å². The maximum Gasteiger partial charge on any atom is 0.241 e. The summed E-state index contributed by atoms with van der Waals surface area (Å²) in [6.45, 7) is 5.76. The second-order valence-electron chi connectivity index (χ2n) is 7.00. The van der Waals surface area contributed by atoms with Crippen LogP contribution in [0.5, 0.6) is 0 Å². The average molecular weight is 352 g/mol. The highest BCUT2D eigenvalue weighted by molar-refractivity contribution is 5.81.